The first kappa shape index (κ1) is 14.6. The highest BCUT2D eigenvalue weighted by Crippen LogP contribution is 2.27. The van der Waals surface area contributed by atoms with E-state index in [0.717, 1.165) is 47.6 Å². The summed E-state index contributed by atoms with van der Waals surface area (Å²) in [6.07, 6.45) is 0. The Balaban J connectivity index is 2.07. The zero-order valence-electron chi connectivity index (χ0n) is 11.7. The van der Waals surface area contributed by atoms with Gasteiger partial charge in [0.05, 0.1) is 10.7 Å². The van der Waals surface area contributed by atoms with E-state index in [9.17, 15) is 0 Å². The van der Waals surface area contributed by atoms with Gasteiger partial charge in [-0.05, 0) is 50.3 Å². The van der Waals surface area contributed by atoms with E-state index in [1.807, 2.05) is 19.9 Å². The zero-order chi connectivity index (χ0) is 14.0. The van der Waals surface area contributed by atoms with Crippen LogP contribution in [0.15, 0.2) is 12.1 Å². The summed E-state index contributed by atoms with van der Waals surface area (Å²) in [5.74, 6) is 0. The minimum Gasteiger partial charge on any atom is -0.346 e. The highest BCUT2D eigenvalue weighted by Gasteiger charge is 2.17. The second-order valence-electron chi connectivity index (χ2n) is 5.16. The van der Waals surface area contributed by atoms with Crippen LogP contribution in [0.3, 0.4) is 0 Å². The molecule has 0 spiro atoms. The van der Waals surface area contributed by atoms with E-state index in [0.29, 0.717) is 0 Å². The monoisotopic (exact) mass is 297 g/mol. The maximum absolute atomic E-state index is 6.29. The molecule has 0 unspecified atom stereocenters. The van der Waals surface area contributed by atoms with Crippen LogP contribution >= 0.6 is 23.8 Å². The van der Waals surface area contributed by atoms with Crippen molar-refractivity contribution in [1.82, 2.24) is 9.80 Å². The molecule has 1 aromatic rings. The largest absolute Gasteiger partial charge is 0.346 e. The summed E-state index contributed by atoms with van der Waals surface area (Å²) >= 11 is 11.8. The fourth-order valence-corrected chi connectivity index (χ4v) is 2.92. The molecule has 1 saturated heterocycles. The summed E-state index contributed by atoms with van der Waals surface area (Å²) in [4.78, 5) is 4.51. The Bertz CT molecular complexity index is 459. The fraction of sp³-hybridized carbons (Fsp3) is 0.500. The van der Waals surface area contributed by atoms with Crippen molar-refractivity contribution in [3.8, 4) is 0 Å². The predicted octanol–water partition coefficient (Wildman–Crippen LogP) is 2.90. The number of thiocarbonyl (C=S) groups is 1. The lowest BCUT2D eigenvalue weighted by Gasteiger charge is -2.34. The molecule has 1 fully saturated rings. The van der Waals surface area contributed by atoms with Gasteiger partial charge in [0.15, 0.2) is 5.11 Å². The summed E-state index contributed by atoms with van der Waals surface area (Å²) in [5.41, 5.74) is 3.22. The molecule has 1 aromatic carbocycles. The van der Waals surface area contributed by atoms with E-state index in [-0.39, 0.29) is 0 Å². The molecule has 0 aromatic heterocycles. The minimum atomic E-state index is 0.731. The first-order valence-corrected chi connectivity index (χ1v) is 7.27. The highest BCUT2D eigenvalue weighted by molar-refractivity contribution is 7.80. The number of anilines is 1. The van der Waals surface area contributed by atoms with E-state index < -0.39 is 0 Å². The van der Waals surface area contributed by atoms with Gasteiger partial charge in [-0.25, -0.2) is 0 Å². The molecule has 3 nitrogen and oxygen atoms in total. The molecule has 0 radical (unpaired) electrons. The Morgan fingerprint density at radius 1 is 1.21 bits per heavy atom. The van der Waals surface area contributed by atoms with Crippen molar-refractivity contribution in [2.75, 3.05) is 38.5 Å². The molecule has 1 aliphatic rings. The number of aryl methyl sites for hydroxylation is 2. The molecule has 2 rings (SSSR count). The van der Waals surface area contributed by atoms with Gasteiger partial charge in [0.1, 0.15) is 0 Å². The average Bonchev–Trinajstić information content (AvgIpc) is 2.34. The van der Waals surface area contributed by atoms with Gasteiger partial charge < -0.3 is 15.1 Å². The van der Waals surface area contributed by atoms with E-state index in [1.54, 1.807) is 0 Å². The van der Waals surface area contributed by atoms with Crippen LogP contribution in [0.2, 0.25) is 5.02 Å². The lowest BCUT2D eigenvalue weighted by Crippen LogP contribution is -2.48. The second kappa shape index (κ2) is 6.07. The third kappa shape index (κ3) is 3.59. The Kier molecular flexibility index (Phi) is 4.66. The predicted molar refractivity (Wildman–Crippen MR) is 86.2 cm³/mol. The number of nitrogens with zero attached hydrogens (tertiary/aromatic N) is 2. The van der Waals surface area contributed by atoms with Crippen LogP contribution in [0.1, 0.15) is 11.1 Å². The van der Waals surface area contributed by atoms with Crippen molar-refractivity contribution in [1.29, 1.82) is 0 Å². The first-order valence-electron chi connectivity index (χ1n) is 6.48. The average molecular weight is 298 g/mol. The van der Waals surface area contributed by atoms with Gasteiger partial charge in [0.25, 0.3) is 0 Å². The summed E-state index contributed by atoms with van der Waals surface area (Å²) in [6.45, 7) is 8.11. The third-order valence-electron chi connectivity index (χ3n) is 3.45. The molecule has 1 heterocycles. The molecule has 0 aliphatic carbocycles. The Morgan fingerprint density at radius 2 is 1.84 bits per heavy atom. The SMILES string of the molecule is Cc1cc(C)c(NC(=S)N2CCN(C)CC2)c(Cl)c1. The van der Waals surface area contributed by atoms with Crippen molar-refractivity contribution in [2.24, 2.45) is 0 Å². The van der Waals surface area contributed by atoms with Gasteiger partial charge >= 0.3 is 0 Å². The third-order valence-corrected chi connectivity index (χ3v) is 4.11. The number of rotatable bonds is 1. The van der Waals surface area contributed by atoms with E-state index in [4.69, 9.17) is 23.8 Å². The van der Waals surface area contributed by atoms with Crippen molar-refractivity contribution in [3.05, 3.63) is 28.3 Å². The van der Waals surface area contributed by atoms with Gasteiger partial charge in [-0.2, -0.15) is 0 Å². The molecule has 19 heavy (non-hydrogen) atoms. The molecule has 5 heteroatoms. The maximum atomic E-state index is 6.29. The van der Waals surface area contributed by atoms with Gasteiger partial charge in [-0.15, -0.1) is 0 Å². The molecule has 0 atom stereocenters. The molecule has 1 N–H and O–H groups in total. The van der Waals surface area contributed by atoms with E-state index in [2.05, 4.69) is 28.2 Å². The lowest BCUT2D eigenvalue weighted by atomic mass is 10.1. The van der Waals surface area contributed by atoms with Crippen molar-refractivity contribution >= 4 is 34.6 Å². The number of likely N-dealkylation sites (N-methyl/N-ethyl adjacent to an activating group) is 1. The maximum Gasteiger partial charge on any atom is 0.173 e. The summed E-state index contributed by atoms with van der Waals surface area (Å²) < 4.78 is 0. The number of halogens is 1. The van der Waals surface area contributed by atoms with Crippen LogP contribution in [0, 0.1) is 13.8 Å². The standard InChI is InChI=1S/C14H20ClN3S/c1-10-8-11(2)13(12(15)9-10)16-14(19)18-6-4-17(3)5-7-18/h8-9H,4-7H2,1-3H3,(H,16,19). The quantitative estimate of drug-likeness (QED) is 0.803. The Hall–Kier alpha value is -0.840. The molecule has 0 amide bonds. The summed E-state index contributed by atoms with van der Waals surface area (Å²) in [6, 6.07) is 4.07. The van der Waals surface area contributed by atoms with Crippen LogP contribution in [-0.2, 0) is 0 Å². The highest BCUT2D eigenvalue weighted by atomic mass is 35.5. The van der Waals surface area contributed by atoms with Crippen LogP contribution in [0.5, 0.6) is 0 Å². The second-order valence-corrected chi connectivity index (χ2v) is 5.95. The number of nitrogens with one attached hydrogen (secondary N) is 1. The van der Waals surface area contributed by atoms with Crippen LogP contribution in [0.4, 0.5) is 5.69 Å². The number of piperazine rings is 1. The fourth-order valence-electron chi connectivity index (χ4n) is 2.27. The topological polar surface area (TPSA) is 18.5 Å². The van der Waals surface area contributed by atoms with E-state index >= 15 is 0 Å². The molecule has 104 valence electrons. The van der Waals surface area contributed by atoms with Crippen LogP contribution in [-0.4, -0.2) is 48.1 Å². The Morgan fingerprint density at radius 3 is 2.42 bits per heavy atom. The normalized spacial score (nSPS) is 16.5. The molecular formula is C14H20ClN3S. The first-order chi connectivity index (χ1) is 8.97. The zero-order valence-corrected chi connectivity index (χ0v) is 13.2. The summed E-state index contributed by atoms with van der Waals surface area (Å²) in [7, 11) is 2.13. The van der Waals surface area contributed by atoms with Gasteiger partial charge in [-0.3, -0.25) is 0 Å². The minimum absolute atomic E-state index is 0.731. The van der Waals surface area contributed by atoms with Crippen molar-refractivity contribution in [3.63, 3.8) is 0 Å². The molecule has 0 saturated carbocycles. The van der Waals surface area contributed by atoms with Gasteiger partial charge in [0, 0.05) is 26.2 Å². The van der Waals surface area contributed by atoms with Crippen molar-refractivity contribution < 1.29 is 0 Å². The lowest BCUT2D eigenvalue weighted by molar-refractivity contribution is 0.217. The number of benzene rings is 1. The Labute approximate surface area is 125 Å². The van der Waals surface area contributed by atoms with Gasteiger partial charge in [0.2, 0.25) is 0 Å². The van der Waals surface area contributed by atoms with Gasteiger partial charge in [-0.1, -0.05) is 17.7 Å². The smallest absolute Gasteiger partial charge is 0.173 e. The molecule has 0 bridgehead atoms. The van der Waals surface area contributed by atoms with Crippen LogP contribution < -0.4 is 5.32 Å². The van der Waals surface area contributed by atoms with Crippen molar-refractivity contribution in [2.45, 2.75) is 13.8 Å². The van der Waals surface area contributed by atoms with E-state index in [1.165, 1.54) is 5.56 Å². The molecule has 1 aliphatic heterocycles. The number of hydrogen-bond donors (Lipinski definition) is 1. The molecular weight excluding hydrogens is 278 g/mol. The number of hydrogen-bond acceptors (Lipinski definition) is 2. The van der Waals surface area contributed by atoms with Crippen LogP contribution in [0.25, 0.3) is 0 Å². The summed E-state index contributed by atoms with van der Waals surface area (Å²) in [5, 5.41) is 4.79.